The number of rotatable bonds is 8. The van der Waals surface area contributed by atoms with Crippen LogP contribution in [-0.2, 0) is 24.8 Å². The van der Waals surface area contributed by atoms with Crippen LogP contribution in [0, 0.1) is 5.82 Å². The third-order valence-corrected chi connectivity index (χ3v) is 5.02. The van der Waals surface area contributed by atoms with Gasteiger partial charge in [-0.1, -0.05) is 12.1 Å². The Balaban J connectivity index is 2.99. The largest absolute Gasteiger partial charge is 0.353 e. The number of halogens is 1. The van der Waals surface area contributed by atoms with Crippen LogP contribution in [0.2, 0.25) is 0 Å². The Bertz CT molecular complexity index is 496. The molecule has 0 fully saturated rings. The van der Waals surface area contributed by atoms with E-state index in [2.05, 4.69) is 5.32 Å². The van der Waals surface area contributed by atoms with E-state index in [1.165, 1.54) is 19.1 Å². The lowest BCUT2D eigenvalue weighted by atomic mass is 10.1. The number of hydrogen-bond acceptors (Lipinski definition) is 4. The molecule has 1 rings (SSSR count). The number of carbonyl (C=O) groups excluding carboxylic acids is 1. The monoisotopic (exact) mass is 317 g/mol. The highest BCUT2D eigenvalue weighted by atomic mass is 31.2. The van der Waals surface area contributed by atoms with Crippen molar-refractivity contribution in [3.63, 3.8) is 0 Å². The summed E-state index contributed by atoms with van der Waals surface area (Å²) in [5.41, 5.74) is 0.731. The molecule has 0 spiro atoms. The SMILES string of the molecule is CCOP(=O)(OCC)C(Cc1ccc(F)cc1)NC(C)=O. The first-order valence-corrected chi connectivity index (χ1v) is 8.42. The van der Waals surface area contributed by atoms with Crippen LogP contribution in [-0.4, -0.2) is 24.9 Å². The molecule has 1 unspecified atom stereocenters. The minimum absolute atomic E-state index is 0.205. The van der Waals surface area contributed by atoms with E-state index in [0.717, 1.165) is 5.56 Å². The van der Waals surface area contributed by atoms with E-state index in [9.17, 15) is 13.8 Å². The highest BCUT2D eigenvalue weighted by molar-refractivity contribution is 7.54. The molecule has 0 aliphatic rings. The molecule has 7 heteroatoms. The first kappa shape index (κ1) is 17.8. The van der Waals surface area contributed by atoms with Crippen LogP contribution in [0.15, 0.2) is 24.3 Å². The molecule has 0 aliphatic heterocycles. The zero-order valence-electron chi connectivity index (χ0n) is 12.5. The van der Waals surface area contributed by atoms with E-state index < -0.39 is 13.4 Å². The number of carbonyl (C=O) groups is 1. The number of nitrogens with one attached hydrogen (secondary N) is 1. The van der Waals surface area contributed by atoms with Crippen LogP contribution in [0.1, 0.15) is 26.3 Å². The van der Waals surface area contributed by atoms with Crippen LogP contribution in [0.5, 0.6) is 0 Å². The molecule has 0 aliphatic carbocycles. The lowest BCUT2D eigenvalue weighted by molar-refractivity contribution is -0.119. The summed E-state index contributed by atoms with van der Waals surface area (Å²) in [7, 11) is -3.49. The molecule has 1 aromatic rings. The zero-order valence-corrected chi connectivity index (χ0v) is 13.4. The Hall–Kier alpha value is -1.23. The van der Waals surface area contributed by atoms with Gasteiger partial charge in [-0.3, -0.25) is 9.36 Å². The maximum Gasteiger partial charge on any atom is 0.353 e. The fourth-order valence-corrected chi connectivity index (χ4v) is 3.83. The van der Waals surface area contributed by atoms with Gasteiger partial charge >= 0.3 is 7.60 Å². The minimum Gasteiger partial charge on any atom is -0.342 e. The third-order valence-electron chi connectivity index (χ3n) is 2.71. The van der Waals surface area contributed by atoms with Gasteiger partial charge in [0.25, 0.3) is 0 Å². The van der Waals surface area contributed by atoms with Crippen LogP contribution in [0.3, 0.4) is 0 Å². The van der Waals surface area contributed by atoms with E-state index in [4.69, 9.17) is 9.05 Å². The Kier molecular flexibility index (Phi) is 7.02. The Morgan fingerprint density at radius 1 is 1.24 bits per heavy atom. The fourth-order valence-electron chi connectivity index (χ4n) is 1.90. The molecular weight excluding hydrogens is 296 g/mol. The van der Waals surface area contributed by atoms with E-state index >= 15 is 0 Å². The maximum absolute atomic E-state index is 12.9. The Morgan fingerprint density at radius 2 is 1.76 bits per heavy atom. The lowest BCUT2D eigenvalue weighted by Gasteiger charge is -2.26. The van der Waals surface area contributed by atoms with Crippen molar-refractivity contribution in [2.45, 2.75) is 33.0 Å². The second-order valence-corrected chi connectivity index (χ2v) is 6.64. The van der Waals surface area contributed by atoms with Gasteiger partial charge in [-0.05, 0) is 31.5 Å². The van der Waals surface area contributed by atoms with Gasteiger partial charge in [-0.25, -0.2) is 4.39 Å². The molecule has 1 N–H and O–H groups in total. The molecule has 1 amide bonds. The second kappa shape index (κ2) is 8.27. The van der Waals surface area contributed by atoms with Crippen molar-refractivity contribution >= 4 is 13.5 Å². The summed E-state index contributed by atoms with van der Waals surface area (Å²) in [6.07, 6.45) is 0.233. The highest BCUT2D eigenvalue weighted by Crippen LogP contribution is 2.52. The van der Waals surface area contributed by atoms with Crippen LogP contribution >= 0.6 is 7.60 Å². The number of benzene rings is 1. The summed E-state index contributed by atoms with van der Waals surface area (Å²) in [6, 6.07) is 5.78. The number of hydrogen-bond donors (Lipinski definition) is 1. The quantitative estimate of drug-likeness (QED) is 0.748. The maximum atomic E-state index is 12.9. The van der Waals surface area contributed by atoms with Crippen molar-refractivity contribution in [2.24, 2.45) is 0 Å². The summed E-state index contributed by atoms with van der Waals surface area (Å²) in [6.45, 7) is 5.15. The standard InChI is InChI=1S/C14H21FNO4P/c1-4-19-21(18,20-5-2)14(16-11(3)17)10-12-6-8-13(15)9-7-12/h6-9,14H,4-5,10H2,1-3H3,(H,16,17). The summed E-state index contributed by atoms with van der Waals surface area (Å²) in [4.78, 5) is 11.4. The van der Waals surface area contributed by atoms with Crippen LogP contribution in [0.4, 0.5) is 4.39 Å². The molecule has 118 valence electrons. The van der Waals surface area contributed by atoms with E-state index in [0.29, 0.717) is 0 Å². The van der Waals surface area contributed by atoms with Gasteiger partial charge in [0.05, 0.1) is 13.2 Å². The summed E-state index contributed by atoms with van der Waals surface area (Å²) in [5.74, 6) is -1.49. The van der Waals surface area contributed by atoms with Gasteiger partial charge in [0, 0.05) is 13.3 Å². The predicted molar refractivity (Wildman–Crippen MR) is 78.6 cm³/mol. The molecule has 0 bridgehead atoms. The Labute approximate surface area is 124 Å². The fraction of sp³-hybridized carbons (Fsp3) is 0.500. The van der Waals surface area contributed by atoms with Crippen LogP contribution in [0.25, 0.3) is 0 Å². The molecule has 0 heterocycles. The van der Waals surface area contributed by atoms with Gasteiger partial charge in [0.1, 0.15) is 11.6 Å². The molecule has 0 aromatic heterocycles. The minimum atomic E-state index is -3.49. The first-order valence-electron chi connectivity index (χ1n) is 6.81. The van der Waals surface area contributed by atoms with Crippen molar-refractivity contribution in [1.82, 2.24) is 5.32 Å². The lowest BCUT2D eigenvalue weighted by Crippen LogP contribution is -2.36. The second-order valence-electron chi connectivity index (χ2n) is 4.42. The van der Waals surface area contributed by atoms with Gasteiger partial charge in [-0.2, -0.15) is 0 Å². The normalized spacial score (nSPS) is 13.0. The Morgan fingerprint density at radius 3 is 2.19 bits per heavy atom. The van der Waals surface area contributed by atoms with Crippen molar-refractivity contribution in [3.05, 3.63) is 35.6 Å². The van der Waals surface area contributed by atoms with E-state index in [-0.39, 0.29) is 31.4 Å². The summed E-state index contributed by atoms with van der Waals surface area (Å²) < 4.78 is 36.3. The highest BCUT2D eigenvalue weighted by Gasteiger charge is 2.36. The van der Waals surface area contributed by atoms with E-state index in [1.807, 2.05) is 0 Å². The molecule has 0 radical (unpaired) electrons. The van der Waals surface area contributed by atoms with E-state index in [1.54, 1.807) is 26.0 Å². The van der Waals surface area contributed by atoms with Crippen molar-refractivity contribution in [1.29, 1.82) is 0 Å². The first-order chi connectivity index (χ1) is 9.91. The molecule has 1 atom stereocenters. The van der Waals surface area contributed by atoms with Crippen molar-refractivity contribution in [3.8, 4) is 0 Å². The van der Waals surface area contributed by atoms with Gasteiger partial charge in [-0.15, -0.1) is 0 Å². The molecule has 0 saturated heterocycles. The number of amides is 1. The summed E-state index contributed by atoms with van der Waals surface area (Å²) >= 11 is 0. The zero-order chi connectivity index (χ0) is 15.9. The molecular formula is C14H21FNO4P. The smallest absolute Gasteiger partial charge is 0.342 e. The topological polar surface area (TPSA) is 64.6 Å². The molecule has 21 heavy (non-hydrogen) atoms. The average molecular weight is 317 g/mol. The van der Waals surface area contributed by atoms with Crippen molar-refractivity contribution in [2.75, 3.05) is 13.2 Å². The van der Waals surface area contributed by atoms with Gasteiger partial charge < -0.3 is 14.4 Å². The van der Waals surface area contributed by atoms with Gasteiger partial charge in [0.15, 0.2) is 0 Å². The average Bonchev–Trinajstić information content (AvgIpc) is 2.40. The molecule has 0 saturated carbocycles. The third kappa shape index (κ3) is 5.58. The molecule has 5 nitrogen and oxygen atoms in total. The predicted octanol–water partition coefficient (Wildman–Crippen LogP) is 3.10. The van der Waals surface area contributed by atoms with Gasteiger partial charge in [0.2, 0.25) is 5.91 Å². The summed E-state index contributed by atoms with van der Waals surface area (Å²) in [5, 5.41) is 2.61. The molecule has 1 aromatic carbocycles. The van der Waals surface area contributed by atoms with Crippen LogP contribution < -0.4 is 5.32 Å². The van der Waals surface area contributed by atoms with Crippen molar-refractivity contribution < 1.29 is 22.8 Å².